The minimum atomic E-state index is -1.06. The Morgan fingerprint density at radius 1 is 1.38 bits per heavy atom. The van der Waals surface area contributed by atoms with Crippen LogP contribution < -0.4 is 4.74 Å². The second-order valence-electron chi connectivity index (χ2n) is 5.54. The van der Waals surface area contributed by atoms with Gasteiger partial charge in [0.2, 0.25) is 0 Å². The molecule has 0 aliphatic carbocycles. The van der Waals surface area contributed by atoms with Crippen molar-refractivity contribution >= 4 is 35.1 Å². The van der Waals surface area contributed by atoms with E-state index < -0.39 is 18.0 Å². The monoisotopic (exact) mass is 375 g/mol. The molecule has 1 atom stereocenters. The van der Waals surface area contributed by atoms with E-state index in [2.05, 4.69) is 0 Å². The molecule has 0 spiro atoms. The fraction of sp³-hybridized carbons (Fsp3) is 0.500. The van der Waals surface area contributed by atoms with Gasteiger partial charge in [-0.1, -0.05) is 23.2 Å². The molecule has 0 saturated carbocycles. The van der Waals surface area contributed by atoms with Crippen LogP contribution in [0.5, 0.6) is 5.75 Å². The van der Waals surface area contributed by atoms with E-state index in [4.69, 9.17) is 37.8 Å². The van der Waals surface area contributed by atoms with Crippen LogP contribution in [0.2, 0.25) is 10.0 Å². The molecule has 0 unspecified atom stereocenters. The van der Waals surface area contributed by atoms with Gasteiger partial charge in [0, 0.05) is 24.3 Å². The van der Waals surface area contributed by atoms with Crippen LogP contribution in [0.25, 0.3) is 0 Å². The Kier molecular flexibility index (Phi) is 6.71. The number of amides is 1. The lowest BCUT2D eigenvalue weighted by Crippen LogP contribution is -2.50. The number of hydrogen-bond acceptors (Lipinski definition) is 4. The second-order valence-corrected chi connectivity index (χ2v) is 6.38. The third-order valence-electron chi connectivity index (χ3n) is 3.77. The van der Waals surface area contributed by atoms with Crippen molar-refractivity contribution < 1.29 is 24.2 Å². The highest BCUT2D eigenvalue weighted by Gasteiger charge is 2.31. The van der Waals surface area contributed by atoms with Crippen LogP contribution in [0.15, 0.2) is 18.2 Å². The predicted molar refractivity (Wildman–Crippen MR) is 89.7 cm³/mol. The molecule has 132 valence electrons. The number of hydrogen-bond donors (Lipinski definition) is 1. The molecule has 1 amide bonds. The van der Waals surface area contributed by atoms with Crippen molar-refractivity contribution in [2.24, 2.45) is 0 Å². The van der Waals surface area contributed by atoms with Crippen molar-refractivity contribution in [1.29, 1.82) is 0 Å². The van der Waals surface area contributed by atoms with Gasteiger partial charge in [-0.15, -0.1) is 0 Å². The number of rotatable bonds is 6. The van der Waals surface area contributed by atoms with Gasteiger partial charge in [-0.3, -0.25) is 9.59 Å². The molecule has 0 radical (unpaired) electrons. The molecule has 0 aromatic heterocycles. The van der Waals surface area contributed by atoms with Gasteiger partial charge in [0.15, 0.2) is 6.10 Å². The molecule has 2 rings (SSSR count). The highest BCUT2D eigenvalue weighted by atomic mass is 35.5. The van der Waals surface area contributed by atoms with E-state index in [-0.39, 0.29) is 17.6 Å². The summed E-state index contributed by atoms with van der Waals surface area (Å²) in [6, 6.07) is 4.52. The van der Waals surface area contributed by atoms with Gasteiger partial charge in [-0.05, 0) is 38.0 Å². The van der Waals surface area contributed by atoms with E-state index >= 15 is 0 Å². The van der Waals surface area contributed by atoms with Gasteiger partial charge < -0.3 is 19.5 Å². The number of halogens is 2. The first-order valence-corrected chi connectivity index (χ1v) is 8.36. The topological polar surface area (TPSA) is 76.1 Å². The first kappa shape index (κ1) is 18.8. The minimum absolute atomic E-state index is 0.172. The van der Waals surface area contributed by atoms with Gasteiger partial charge in [-0.2, -0.15) is 0 Å². The second kappa shape index (κ2) is 8.55. The van der Waals surface area contributed by atoms with E-state index in [1.54, 1.807) is 19.1 Å². The molecular formula is C16H19Cl2NO5. The van der Waals surface area contributed by atoms with Crippen molar-refractivity contribution in [3.8, 4) is 5.75 Å². The van der Waals surface area contributed by atoms with Crippen molar-refractivity contribution in [3.63, 3.8) is 0 Å². The molecule has 0 bridgehead atoms. The van der Waals surface area contributed by atoms with Gasteiger partial charge in [-0.25, -0.2) is 0 Å². The summed E-state index contributed by atoms with van der Waals surface area (Å²) in [6.45, 7) is 2.21. The Hall–Kier alpha value is -1.50. The highest BCUT2D eigenvalue weighted by Crippen LogP contribution is 2.28. The Morgan fingerprint density at radius 3 is 2.62 bits per heavy atom. The number of carboxylic acids is 1. The first-order valence-electron chi connectivity index (χ1n) is 7.60. The summed E-state index contributed by atoms with van der Waals surface area (Å²) < 4.78 is 10.9. The molecular weight excluding hydrogens is 357 g/mol. The van der Waals surface area contributed by atoms with Gasteiger partial charge >= 0.3 is 5.97 Å². The lowest BCUT2D eigenvalue weighted by Gasteiger charge is -2.34. The van der Waals surface area contributed by atoms with E-state index in [0.717, 1.165) is 0 Å². The van der Waals surface area contributed by atoms with Crippen molar-refractivity contribution in [1.82, 2.24) is 4.90 Å². The average molecular weight is 376 g/mol. The van der Waals surface area contributed by atoms with Crippen LogP contribution in [0.1, 0.15) is 19.8 Å². The van der Waals surface area contributed by atoms with Crippen LogP contribution in [-0.2, 0) is 14.3 Å². The van der Waals surface area contributed by atoms with Crippen LogP contribution in [0.4, 0.5) is 0 Å². The average Bonchev–Trinajstić information content (AvgIpc) is 2.55. The summed E-state index contributed by atoms with van der Waals surface area (Å²) in [5.41, 5.74) is 0. The molecule has 1 aromatic carbocycles. The van der Waals surface area contributed by atoms with Gasteiger partial charge in [0.25, 0.3) is 5.91 Å². The number of carbonyl (C=O) groups excluding carboxylic acids is 1. The lowest BCUT2D eigenvalue weighted by atomic mass is 10.1. The molecule has 1 aliphatic rings. The fourth-order valence-electron chi connectivity index (χ4n) is 2.57. The third-order valence-corrected chi connectivity index (χ3v) is 4.30. The summed E-state index contributed by atoms with van der Waals surface area (Å²) in [6.07, 6.45) is 0.340. The maximum Gasteiger partial charge on any atom is 0.323 e. The number of carboxylic acid groups (broad SMARTS) is 1. The molecule has 1 N–H and O–H groups in total. The zero-order valence-electron chi connectivity index (χ0n) is 13.2. The molecule has 1 aliphatic heterocycles. The van der Waals surface area contributed by atoms with E-state index in [1.165, 1.54) is 11.0 Å². The summed E-state index contributed by atoms with van der Waals surface area (Å²) >= 11 is 11.9. The highest BCUT2D eigenvalue weighted by molar-refractivity contribution is 6.35. The number of benzene rings is 1. The molecule has 8 heteroatoms. The Labute approximate surface area is 150 Å². The SMILES string of the molecule is C[C@H](Oc1ccc(Cl)cc1Cl)C(=O)N(CC(=O)O)C1CCOCC1. The summed E-state index contributed by atoms with van der Waals surface area (Å²) in [5.74, 6) is -1.13. The standard InChI is InChI=1S/C16H19Cl2NO5/c1-10(24-14-3-2-11(17)8-13(14)18)16(22)19(9-15(20)21)12-4-6-23-7-5-12/h2-3,8,10,12H,4-7,9H2,1H3,(H,20,21)/t10-/m0/s1. The van der Waals surface area contributed by atoms with Crippen molar-refractivity contribution in [3.05, 3.63) is 28.2 Å². The Bertz CT molecular complexity index is 604. The lowest BCUT2D eigenvalue weighted by molar-refractivity contribution is -0.151. The zero-order chi connectivity index (χ0) is 17.7. The van der Waals surface area contributed by atoms with Crippen LogP contribution in [-0.4, -0.2) is 53.8 Å². The summed E-state index contributed by atoms with van der Waals surface area (Å²) in [7, 11) is 0. The van der Waals surface area contributed by atoms with Gasteiger partial charge in [0.05, 0.1) is 5.02 Å². The van der Waals surface area contributed by atoms with E-state index in [1.807, 2.05) is 0 Å². The van der Waals surface area contributed by atoms with Crippen LogP contribution >= 0.6 is 23.2 Å². The molecule has 24 heavy (non-hydrogen) atoms. The number of carbonyl (C=O) groups is 2. The van der Waals surface area contributed by atoms with Crippen molar-refractivity contribution in [2.45, 2.75) is 31.9 Å². The number of aliphatic carboxylic acids is 1. The molecule has 6 nitrogen and oxygen atoms in total. The van der Waals surface area contributed by atoms with Crippen LogP contribution in [0, 0.1) is 0 Å². The maximum absolute atomic E-state index is 12.7. The smallest absolute Gasteiger partial charge is 0.323 e. The molecule has 1 saturated heterocycles. The Morgan fingerprint density at radius 2 is 2.04 bits per heavy atom. The zero-order valence-corrected chi connectivity index (χ0v) is 14.7. The van der Waals surface area contributed by atoms with E-state index in [0.29, 0.717) is 36.8 Å². The largest absolute Gasteiger partial charge is 0.480 e. The fourth-order valence-corrected chi connectivity index (χ4v) is 3.03. The molecule has 1 heterocycles. The van der Waals surface area contributed by atoms with Crippen LogP contribution in [0.3, 0.4) is 0 Å². The molecule has 1 aromatic rings. The van der Waals surface area contributed by atoms with E-state index in [9.17, 15) is 9.59 Å². The quantitative estimate of drug-likeness (QED) is 0.826. The third kappa shape index (κ3) is 5.00. The normalized spacial score (nSPS) is 16.5. The number of nitrogens with zero attached hydrogens (tertiary/aromatic N) is 1. The number of ether oxygens (including phenoxy) is 2. The maximum atomic E-state index is 12.7. The first-order chi connectivity index (χ1) is 11.4. The summed E-state index contributed by atoms with van der Waals surface area (Å²) in [5, 5.41) is 9.86. The molecule has 1 fully saturated rings. The predicted octanol–water partition coefficient (Wildman–Crippen LogP) is 2.85. The van der Waals surface area contributed by atoms with Crippen molar-refractivity contribution in [2.75, 3.05) is 19.8 Å². The summed E-state index contributed by atoms with van der Waals surface area (Å²) in [4.78, 5) is 25.2. The van der Waals surface area contributed by atoms with Gasteiger partial charge in [0.1, 0.15) is 12.3 Å². The Balaban J connectivity index is 2.10. The minimum Gasteiger partial charge on any atom is -0.480 e.